The smallest absolute Gasteiger partial charge is 0.269 e. The van der Waals surface area contributed by atoms with Crippen LogP contribution in [0.5, 0.6) is 17.2 Å². The number of benzene rings is 5. The minimum Gasteiger partial charge on any atom is -0.497 e. The Bertz CT molecular complexity index is 2600. The lowest BCUT2D eigenvalue weighted by molar-refractivity contribution is -0.385. The van der Waals surface area contributed by atoms with E-state index in [1.54, 1.807) is 46.1 Å². The van der Waals surface area contributed by atoms with Crippen LogP contribution in [0.25, 0.3) is 0 Å². The Balaban J connectivity index is 1.12. The number of fused-ring (bicyclic) bond motifs is 4. The largest absolute Gasteiger partial charge is 0.497 e. The number of carbonyl (C=O) groups is 3. The van der Waals surface area contributed by atoms with Crippen LogP contribution in [0.1, 0.15) is 47.7 Å². The lowest BCUT2D eigenvalue weighted by Gasteiger charge is -2.37. The molecule has 4 heterocycles. The molecule has 0 unspecified atom stereocenters. The highest BCUT2D eigenvalue weighted by atomic mass is 28.3. The number of para-hydroxylation sites is 3. The summed E-state index contributed by atoms with van der Waals surface area (Å²) in [4.78, 5) is 60.9. The maximum Gasteiger partial charge on any atom is 0.269 e. The zero-order valence-corrected chi connectivity index (χ0v) is 36.0. The second-order valence-corrected chi connectivity index (χ2v) is 21.8. The Morgan fingerprint density at radius 2 is 1.68 bits per heavy atom. The number of ether oxygens (including phenoxy) is 3. The fourth-order valence-electron chi connectivity index (χ4n) is 10.5. The molecule has 0 aromatic heterocycles. The van der Waals surface area contributed by atoms with Gasteiger partial charge in [0, 0.05) is 35.8 Å². The van der Waals surface area contributed by atoms with E-state index in [-0.39, 0.29) is 54.6 Å². The minimum atomic E-state index is -2.66. The number of aliphatic hydroxyl groups is 1. The van der Waals surface area contributed by atoms with Gasteiger partial charge in [0.2, 0.25) is 5.91 Å². The third kappa shape index (κ3) is 6.64. The van der Waals surface area contributed by atoms with Crippen molar-refractivity contribution in [1.82, 2.24) is 4.90 Å². The maximum atomic E-state index is 15.6. The fraction of sp³-hybridized carbons (Fsp3) is 0.312. The van der Waals surface area contributed by atoms with Crippen molar-refractivity contribution < 1.29 is 38.6 Å². The number of hydrogen-bond acceptors (Lipinski definition) is 9. The van der Waals surface area contributed by atoms with Gasteiger partial charge in [-0.25, -0.2) is 0 Å². The van der Waals surface area contributed by atoms with E-state index >= 15 is 4.79 Å². The second-order valence-electron chi connectivity index (χ2n) is 17.2. The Morgan fingerprint density at radius 3 is 2.42 bits per heavy atom. The summed E-state index contributed by atoms with van der Waals surface area (Å²) >= 11 is 0. The van der Waals surface area contributed by atoms with Crippen molar-refractivity contribution >= 4 is 53.7 Å². The van der Waals surface area contributed by atoms with Crippen molar-refractivity contribution in [2.24, 2.45) is 5.92 Å². The third-order valence-electron chi connectivity index (χ3n) is 13.5. The van der Waals surface area contributed by atoms with Crippen LogP contribution in [0.3, 0.4) is 0 Å². The van der Waals surface area contributed by atoms with E-state index in [0.717, 1.165) is 11.6 Å². The Labute approximate surface area is 360 Å². The van der Waals surface area contributed by atoms with Crippen molar-refractivity contribution in [3.63, 3.8) is 0 Å². The number of non-ortho nitro benzene ring substituents is 1. The molecule has 0 aliphatic carbocycles. The van der Waals surface area contributed by atoms with Crippen LogP contribution >= 0.6 is 0 Å². The summed E-state index contributed by atoms with van der Waals surface area (Å²) in [6, 6.07) is 33.9. The van der Waals surface area contributed by atoms with E-state index in [2.05, 4.69) is 13.1 Å². The van der Waals surface area contributed by atoms with Crippen LogP contribution in [0, 0.1) is 16.0 Å². The van der Waals surface area contributed by atoms with Crippen LogP contribution in [-0.4, -0.2) is 73.1 Å². The molecule has 3 amide bonds. The summed E-state index contributed by atoms with van der Waals surface area (Å²) in [6.45, 7) is 6.85. The van der Waals surface area contributed by atoms with E-state index < -0.39 is 30.6 Å². The molecular formula is C48H48N4O9Si. The highest BCUT2D eigenvalue weighted by Crippen LogP contribution is 2.60. The Kier molecular flexibility index (Phi) is 10.5. The predicted molar refractivity (Wildman–Crippen MR) is 236 cm³/mol. The lowest BCUT2D eigenvalue weighted by atomic mass is 9.82. The number of nitro benzene ring substituents is 1. The first-order chi connectivity index (χ1) is 29.9. The van der Waals surface area contributed by atoms with Gasteiger partial charge in [-0.1, -0.05) is 73.7 Å². The predicted octanol–water partition coefficient (Wildman–Crippen LogP) is 7.82. The van der Waals surface area contributed by atoms with Crippen LogP contribution in [-0.2, 0) is 26.5 Å². The highest BCUT2D eigenvalue weighted by molar-refractivity contribution is 6.91. The number of carbonyl (C=O) groups excluding carboxylic acids is 3. The second kappa shape index (κ2) is 15.8. The molecule has 5 atom stereocenters. The molecule has 9 rings (SSSR count). The van der Waals surface area contributed by atoms with Gasteiger partial charge in [0.1, 0.15) is 11.5 Å². The van der Waals surface area contributed by atoms with Gasteiger partial charge in [-0.15, -0.1) is 0 Å². The topological polar surface area (TPSA) is 152 Å². The monoisotopic (exact) mass is 852 g/mol. The summed E-state index contributed by atoms with van der Waals surface area (Å²) in [6.07, 6.45) is 0.746. The Hall–Kier alpha value is -6.35. The van der Waals surface area contributed by atoms with E-state index in [1.807, 2.05) is 85.8 Å². The number of rotatable bonds is 10. The van der Waals surface area contributed by atoms with Crippen LogP contribution < -0.4 is 24.5 Å². The molecule has 1 N–H and O–H groups in total. The fourth-order valence-corrected chi connectivity index (χ4v) is 14.5. The van der Waals surface area contributed by atoms with E-state index in [1.165, 1.54) is 12.1 Å². The first-order valence-corrected chi connectivity index (χ1v) is 24.1. The number of amides is 3. The van der Waals surface area contributed by atoms with Gasteiger partial charge in [0.15, 0.2) is 11.4 Å². The van der Waals surface area contributed by atoms with E-state index in [9.17, 15) is 24.8 Å². The molecule has 14 heteroatoms. The lowest BCUT2D eigenvalue weighted by Crippen LogP contribution is -2.52. The number of anilines is 3. The average molecular weight is 853 g/mol. The number of likely N-dealkylation sites (tertiary alicyclic amines) is 1. The zero-order chi connectivity index (χ0) is 43.5. The maximum absolute atomic E-state index is 15.6. The van der Waals surface area contributed by atoms with Gasteiger partial charge in [-0.05, 0) is 78.5 Å². The molecule has 5 aromatic carbocycles. The van der Waals surface area contributed by atoms with Crippen LogP contribution in [0.15, 0.2) is 115 Å². The molecule has 1 spiro atoms. The summed E-state index contributed by atoms with van der Waals surface area (Å²) in [5.41, 5.74) is 0.947. The van der Waals surface area contributed by atoms with Crippen molar-refractivity contribution in [2.45, 2.75) is 69.1 Å². The molecule has 0 saturated carbocycles. The van der Waals surface area contributed by atoms with Crippen LogP contribution in [0.4, 0.5) is 22.7 Å². The minimum absolute atomic E-state index is 0.0163. The molecule has 4 aliphatic heterocycles. The van der Waals surface area contributed by atoms with Gasteiger partial charge >= 0.3 is 0 Å². The van der Waals surface area contributed by atoms with Gasteiger partial charge in [0.05, 0.1) is 68.8 Å². The Morgan fingerprint density at radius 1 is 0.935 bits per heavy atom. The standard InChI is InChI=1S/C48H48N4O9Si/c1-30-45(62(3,4)36-21-19-35(59-2)20-22-36)43(27-44(54)49-24-10-13-34(49)29-53)61-48(30)38-26-33(52(57)58)18-23-39(38)50(47(48)56)28-31-11-9-12-32(25-31)51-40-15-6-8-17-42(40)60-41-16-7-5-14-37(41)46(51)55/h5-9,11-12,14-23,25-26,30,34,43,45,53H,10,13,24,27-29H2,1-4H3/t30-,34-,43+,45-,48+/m0/s1. The molecule has 5 aromatic rings. The number of methoxy groups -OCH3 is 1. The quantitative estimate of drug-likeness (QED) is 0.0842. The molecular weight excluding hydrogens is 805 g/mol. The molecule has 318 valence electrons. The van der Waals surface area contributed by atoms with Gasteiger partial charge in [-0.3, -0.25) is 29.4 Å². The number of nitro groups is 1. The molecule has 4 aliphatic rings. The molecule has 13 nitrogen and oxygen atoms in total. The van der Waals surface area contributed by atoms with Crippen molar-refractivity contribution in [3.8, 4) is 17.2 Å². The molecule has 0 radical (unpaired) electrons. The van der Waals surface area contributed by atoms with Crippen molar-refractivity contribution in [1.29, 1.82) is 0 Å². The molecule has 62 heavy (non-hydrogen) atoms. The average Bonchev–Trinajstić information content (AvgIpc) is 3.92. The first kappa shape index (κ1) is 41.0. The SMILES string of the molecule is COc1ccc([Si](C)(C)[C@@H]2[C@@H](CC(=O)N3CCC[C@H]3CO)O[C@]3(C(=O)N(Cc4cccc(N5C(=O)c6ccccc6Oc6ccccc65)c4)c4ccc([N+](=O)[O-])cc43)[C@H]2C)cc1. The summed E-state index contributed by atoms with van der Waals surface area (Å²) < 4.78 is 18.9. The van der Waals surface area contributed by atoms with E-state index in [4.69, 9.17) is 14.2 Å². The highest BCUT2D eigenvalue weighted by Gasteiger charge is 2.67. The normalized spacial score (nSPS) is 22.9. The number of aliphatic hydroxyl groups excluding tert-OH is 1. The zero-order valence-electron chi connectivity index (χ0n) is 35.0. The summed E-state index contributed by atoms with van der Waals surface area (Å²) in [5, 5.41) is 23.6. The van der Waals surface area contributed by atoms with Crippen molar-refractivity contribution in [2.75, 3.05) is 30.1 Å². The molecule has 2 saturated heterocycles. The number of nitrogens with zero attached hydrogens (tertiary/aromatic N) is 4. The van der Waals surface area contributed by atoms with Crippen molar-refractivity contribution in [3.05, 3.63) is 142 Å². The van der Waals surface area contributed by atoms with Gasteiger partial charge in [-0.2, -0.15) is 0 Å². The third-order valence-corrected chi connectivity index (χ3v) is 17.8. The van der Waals surface area contributed by atoms with E-state index in [0.29, 0.717) is 64.0 Å². The first-order valence-electron chi connectivity index (χ1n) is 21.0. The summed E-state index contributed by atoms with van der Waals surface area (Å²) in [5.74, 6) is 0.325. The van der Waals surface area contributed by atoms with Crippen LogP contribution in [0.2, 0.25) is 18.6 Å². The molecule has 2 fully saturated rings. The van der Waals surface area contributed by atoms with Gasteiger partial charge < -0.3 is 29.1 Å². The number of hydrogen-bond donors (Lipinski definition) is 1. The van der Waals surface area contributed by atoms with Gasteiger partial charge in [0.25, 0.3) is 17.5 Å². The molecule has 0 bridgehead atoms. The summed E-state index contributed by atoms with van der Waals surface area (Å²) in [7, 11) is -1.05.